The molecule has 1 unspecified atom stereocenters. The highest BCUT2D eigenvalue weighted by Crippen LogP contribution is 2.14. The van der Waals surface area contributed by atoms with Gasteiger partial charge in [-0.15, -0.1) is 0 Å². The van der Waals surface area contributed by atoms with Crippen LogP contribution in [0.2, 0.25) is 0 Å². The summed E-state index contributed by atoms with van der Waals surface area (Å²) in [5.41, 5.74) is 0.759. The van der Waals surface area contributed by atoms with Crippen molar-refractivity contribution in [2.75, 3.05) is 11.9 Å². The number of carbonyl (C=O) groups excluding carboxylic acids is 1. The van der Waals surface area contributed by atoms with Crippen molar-refractivity contribution in [3.63, 3.8) is 0 Å². The summed E-state index contributed by atoms with van der Waals surface area (Å²) in [6.07, 6.45) is -1.66. The topological polar surface area (TPSA) is 98.7 Å². The third kappa shape index (κ3) is 4.92. The van der Waals surface area contributed by atoms with E-state index in [0.717, 1.165) is 5.56 Å². The first-order valence-electron chi connectivity index (χ1n) is 5.62. The summed E-state index contributed by atoms with van der Waals surface area (Å²) in [6, 6.07) is 3.69. The molecule has 0 aromatic heterocycles. The van der Waals surface area contributed by atoms with Crippen molar-refractivity contribution in [2.24, 2.45) is 0 Å². The molecule has 7 heteroatoms. The number of hydrogen-bond acceptors (Lipinski definition) is 3. The molecule has 1 aromatic carbocycles. The third-order valence-electron chi connectivity index (χ3n) is 2.36. The van der Waals surface area contributed by atoms with Crippen molar-refractivity contribution in [1.82, 2.24) is 5.32 Å². The Bertz CT molecular complexity index is 479. The highest BCUT2D eigenvalue weighted by Gasteiger charge is 2.13. The van der Waals surface area contributed by atoms with Crippen LogP contribution in [0, 0.1) is 12.7 Å². The van der Waals surface area contributed by atoms with Gasteiger partial charge in [0.05, 0.1) is 5.69 Å². The number of anilines is 1. The van der Waals surface area contributed by atoms with Crippen LogP contribution in [0.1, 0.15) is 12.0 Å². The lowest BCUT2D eigenvalue weighted by Gasteiger charge is -2.09. The zero-order valence-electron chi connectivity index (χ0n) is 10.3. The second-order valence-corrected chi connectivity index (χ2v) is 4.01. The Kier molecular flexibility index (Phi) is 5.25. The lowest BCUT2D eigenvalue weighted by Crippen LogP contribution is -2.33. The van der Waals surface area contributed by atoms with Crippen LogP contribution >= 0.6 is 0 Å². The fraction of sp³-hybridized carbons (Fsp3) is 0.333. The number of aliphatic carboxylic acids is 1. The number of benzene rings is 1. The Morgan fingerprint density at radius 1 is 1.42 bits per heavy atom. The van der Waals surface area contributed by atoms with Crippen molar-refractivity contribution >= 4 is 17.7 Å². The number of carbonyl (C=O) groups is 2. The van der Waals surface area contributed by atoms with Gasteiger partial charge in [0.2, 0.25) is 0 Å². The van der Waals surface area contributed by atoms with E-state index in [-0.39, 0.29) is 18.7 Å². The standard InChI is InChI=1S/C12H15FN2O4/c1-7-2-3-9(8(13)6-7)15-12(19)14-5-4-10(16)11(17)18/h2-3,6,10,16H,4-5H2,1H3,(H,17,18)(H2,14,15,19). The molecule has 2 amide bonds. The average molecular weight is 270 g/mol. The quantitative estimate of drug-likeness (QED) is 0.643. The van der Waals surface area contributed by atoms with Crippen LogP contribution in [0.5, 0.6) is 0 Å². The molecule has 0 aliphatic carbocycles. The SMILES string of the molecule is Cc1ccc(NC(=O)NCCC(O)C(=O)O)c(F)c1. The highest BCUT2D eigenvalue weighted by molar-refractivity contribution is 5.89. The molecule has 0 radical (unpaired) electrons. The Morgan fingerprint density at radius 2 is 2.11 bits per heavy atom. The minimum Gasteiger partial charge on any atom is -0.479 e. The van der Waals surface area contributed by atoms with Crippen molar-refractivity contribution in [2.45, 2.75) is 19.4 Å². The van der Waals surface area contributed by atoms with E-state index in [2.05, 4.69) is 10.6 Å². The second kappa shape index (κ2) is 6.69. The van der Waals surface area contributed by atoms with E-state index >= 15 is 0 Å². The second-order valence-electron chi connectivity index (χ2n) is 4.01. The van der Waals surface area contributed by atoms with Crippen LogP contribution in [-0.4, -0.2) is 34.9 Å². The first-order chi connectivity index (χ1) is 8.90. The zero-order valence-corrected chi connectivity index (χ0v) is 10.3. The summed E-state index contributed by atoms with van der Waals surface area (Å²) in [4.78, 5) is 21.7. The number of rotatable bonds is 5. The lowest BCUT2D eigenvalue weighted by atomic mass is 10.2. The molecule has 104 valence electrons. The number of halogens is 1. The minimum atomic E-state index is -1.53. The maximum absolute atomic E-state index is 13.4. The summed E-state index contributed by atoms with van der Waals surface area (Å²) in [5, 5.41) is 22.0. The van der Waals surface area contributed by atoms with Crippen molar-refractivity contribution in [1.29, 1.82) is 0 Å². The van der Waals surface area contributed by atoms with Gasteiger partial charge in [-0.25, -0.2) is 14.0 Å². The van der Waals surface area contributed by atoms with E-state index in [1.165, 1.54) is 12.1 Å². The normalized spacial score (nSPS) is 11.7. The smallest absolute Gasteiger partial charge is 0.332 e. The molecular weight excluding hydrogens is 255 g/mol. The van der Waals surface area contributed by atoms with Gasteiger partial charge >= 0.3 is 12.0 Å². The molecule has 0 saturated carbocycles. The van der Waals surface area contributed by atoms with Crippen molar-refractivity contribution < 1.29 is 24.2 Å². The number of carboxylic acids is 1. The summed E-state index contributed by atoms with van der Waals surface area (Å²) in [5.74, 6) is -1.91. The van der Waals surface area contributed by atoms with E-state index in [0.29, 0.717) is 0 Å². The Balaban J connectivity index is 2.41. The van der Waals surface area contributed by atoms with Crippen molar-refractivity contribution in [3.05, 3.63) is 29.6 Å². The fourth-order valence-corrected chi connectivity index (χ4v) is 1.33. The summed E-state index contributed by atoms with van der Waals surface area (Å²) in [6.45, 7) is 1.69. The molecule has 0 saturated heterocycles. The van der Waals surface area contributed by atoms with Crippen LogP contribution in [0.4, 0.5) is 14.9 Å². The van der Waals surface area contributed by atoms with E-state index in [9.17, 15) is 14.0 Å². The molecule has 0 spiro atoms. The highest BCUT2D eigenvalue weighted by atomic mass is 19.1. The van der Waals surface area contributed by atoms with E-state index < -0.39 is 23.9 Å². The molecule has 4 N–H and O–H groups in total. The average Bonchev–Trinajstić information content (AvgIpc) is 2.32. The van der Waals surface area contributed by atoms with Gasteiger partial charge < -0.3 is 20.8 Å². The molecule has 0 aliphatic heterocycles. The third-order valence-corrected chi connectivity index (χ3v) is 2.36. The number of aryl methyl sites for hydroxylation is 1. The summed E-state index contributed by atoms with van der Waals surface area (Å²) < 4.78 is 13.4. The monoisotopic (exact) mass is 270 g/mol. The largest absolute Gasteiger partial charge is 0.479 e. The van der Waals surface area contributed by atoms with E-state index in [4.69, 9.17) is 10.2 Å². The molecule has 0 bridgehead atoms. The number of hydrogen-bond donors (Lipinski definition) is 4. The van der Waals surface area contributed by atoms with Gasteiger partial charge in [-0.1, -0.05) is 6.07 Å². The Hall–Kier alpha value is -2.15. The molecule has 0 fully saturated rings. The fourth-order valence-electron chi connectivity index (χ4n) is 1.33. The maximum Gasteiger partial charge on any atom is 0.332 e. The minimum absolute atomic E-state index is 0.0295. The molecule has 1 atom stereocenters. The van der Waals surface area contributed by atoms with Gasteiger partial charge in [0.25, 0.3) is 0 Å². The molecule has 1 aromatic rings. The Labute approximate surface area is 109 Å². The summed E-state index contributed by atoms with van der Waals surface area (Å²) >= 11 is 0. The number of aliphatic hydroxyl groups is 1. The number of urea groups is 1. The van der Waals surface area contributed by atoms with E-state index in [1.807, 2.05) is 0 Å². The lowest BCUT2D eigenvalue weighted by molar-refractivity contribution is -0.146. The van der Waals surface area contributed by atoms with Gasteiger partial charge in [0, 0.05) is 13.0 Å². The van der Waals surface area contributed by atoms with Gasteiger partial charge in [-0.2, -0.15) is 0 Å². The predicted octanol–water partition coefficient (Wildman–Crippen LogP) is 1.09. The molecule has 1 rings (SSSR count). The molecular formula is C12H15FN2O4. The van der Waals surface area contributed by atoms with Gasteiger partial charge in [-0.3, -0.25) is 0 Å². The van der Waals surface area contributed by atoms with Crippen LogP contribution in [-0.2, 0) is 4.79 Å². The number of aliphatic hydroxyl groups excluding tert-OH is 1. The van der Waals surface area contributed by atoms with E-state index in [1.54, 1.807) is 13.0 Å². The first-order valence-corrected chi connectivity index (χ1v) is 5.62. The summed E-state index contributed by atoms with van der Waals surface area (Å²) in [7, 11) is 0. The predicted molar refractivity (Wildman–Crippen MR) is 66.4 cm³/mol. The molecule has 0 heterocycles. The number of carboxylic acid groups (broad SMARTS) is 1. The molecule has 19 heavy (non-hydrogen) atoms. The Morgan fingerprint density at radius 3 is 2.68 bits per heavy atom. The van der Waals surface area contributed by atoms with Crippen LogP contribution < -0.4 is 10.6 Å². The van der Waals surface area contributed by atoms with Crippen LogP contribution in [0.25, 0.3) is 0 Å². The molecule has 6 nitrogen and oxygen atoms in total. The first kappa shape index (κ1) is 14.9. The van der Waals surface area contributed by atoms with Crippen LogP contribution in [0.15, 0.2) is 18.2 Å². The van der Waals surface area contributed by atoms with Gasteiger partial charge in [-0.05, 0) is 24.6 Å². The van der Waals surface area contributed by atoms with Gasteiger partial charge in [0.1, 0.15) is 5.82 Å². The van der Waals surface area contributed by atoms with Crippen molar-refractivity contribution in [3.8, 4) is 0 Å². The molecule has 0 aliphatic rings. The number of nitrogens with one attached hydrogen (secondary N) is 2. The van der Waals surface area contributed by atoms with Gasteiger partial charge in [0.15, 0.2) is 6.10 Å². The number of amides is 2. The van der Waals surface area contributed by atoms with Crippen LogP contribution in [0.3, 0.4) is 0 Å². The zero-order chi connectivity index (χ0) is 14.4. The maximum atomic E-state index is 13.4.